The van der Waals surface area contributed by atoms with Gasteiger partial charge in [-0.2, -0.15) is 0 Å². The van der Waals surface area contributed by atoms with Crippen LogP contribution in [0, 0.1) is 11.7 Å². The van der Waals surface area contributed by atoms with Gasteiger partial charge in [-0.15, -0.1) is 0 Å². The number of ether oxygens (including phenoxy) is 2. The van der Waals surface area contributed by atoms with Crippen molar-refractivity contribution < 1.29 is 23.5 Å². The van der Waals surface area contributed by atoms with Gasteiger partial charge in [0.1, 0.15) is 17.7 Å². The summed E-state index contributed by atoms with van der Waals surface area (Å²) in [5.74, 6) is -0.440. The maximum absolute atomic E-state index is 13.2. The van der Waals surface area contributed by atoms with Crippen molar-refractivity contribution in [1.29, 1.82) is 0 Å². The van der Waals surface area contributed by atoms with E-state index in [1.54, 1.807) is 0 Å². The van der Waals surface area contributed by atoms with Gasteiger partial charge in [0.15, 0.2) is 6.61 Å². The number of carbonyl (C=O) groups is 2. The summed E-state index contributed by atoms with van der Waals surface area (Å²) in [4.78, 5) is 22.4. The minimum Gasteiger partial charge on any atom is -0.484 e. The Balaban J connectivity index is 1.67. The maximum Gasteiger partial charge on any atom is 0.404 e. The van der Waals surface area contributed by atoms with Gasteiger partial charge in [0.2, 0.25) is 0 Å². The zero-order valence-electron chi connectivity index (χ0n) is 12.4. The van der Waals surface area contributed by atoms with Crippen LogP contribution in [0.2, 0.25) is 5.02 Å². The summed E-state index contributed by atoms with van der Waals surface area (Å²) in [6.45, 7) is 0.255. The molecular formula is C15H18ClFN2O4. The van der Waals surface area contributed by atoms with E-state index in [2.05, 4.69) is 5.32 Å². The van der Waals surface area contributed by atoms with Crippen molar-refractivity contribution in [2.45, 2.75) is 25.4 Å². The Morgan fingerprint density at radius 2 is 2.17 bits per heavy atom. The van der Waals surface area contributed by atoms with Crippen LogP contribution in [0.4, 0.5) is 9.18 Å². The molecule has 2 unspecified atom stereocenters. The lowest BCUT2D eigenvalue weighted by Gasteiger charge is -2.13. The molecule has 0 radical (unpaired) electrons. The quantitative estimate of drug-likeness (QED) is 0.828. The van der Waals surface area contributed by atoms with Gasteiger partial charge >= 0.3 is 6.09 Å². The summed E-state index contributed by atoms with van der Waals surface area (Å²) < 4.78 is 23.4. The van der Waals surface area contributed by atoms with Crippen molar-refractivity contribution in [2.75, 3.05) is 13.2 Å². The van der Waals surface area contributed by atoms with Gasteiger partial charge in [-0.3, -0.25) is 4.79 Å². The van der Waals surface area contributed by atoms with E-state index in [-0.39, 0.29) is 35.3 Å². The Hall–Kier alpha value is -2.02. The second-order valence-corrected chi connectivity index (χ2v) is 5.81. The van der Waals surface area contributed by atoms with E-state index in [1.807, 2.05) is 0 Å². The minimum atomic E-state index is -0.775. The molecule has 0 saturated heterocycles. The van der Waals surface area contributed by atoms with E-state index >= 15 is 0 Å². The fourth-order valence-corrected chi connectivity index (χ4v) is 2.63. The van der Waals surface area contributed by atoms with E-state index in [0.717, 1.165) is 18.9 Å². The fraction of sp³-hybridized carbons (Fsp3) is 0.467. The number of nitrogens with one attached hydrogen (secondary N) is 1. The van der Waals surface area contributed by atoms with E-state index < -0.39 is 11.9 Å². The first kappa shape index (κ1) is 17.3. The number of primary amides is 1. The molecule has 1 fully saturated rings. The zero-order valence-corrected chi connectivity index (χ0v) is 13.1. The molecule has 0 bridgehead atoms. The predicted molar refractivity (Wildman–Crippen MR) is 81.7 cm³/mol. The molecule has 0 heterocycles. The number of carbonyl (C=O) groups excluding carboxylic acids is 2. The summed E-state index contributed by atoms with van der Waals surface area (Å²) >= 11 is 5.56. The molecule has 126 valence electrons. The lowest BCUT2D eigenvalue weighted by atomic mass is 10.1. The first-order valence-electron chi connectivity index (χ1n) is 7.24. The SMILES string of the molecule is NC(=O)OC1CCC(CNC(=O)COc2ccc(Cl)c(F)c2)C1. The summed E-state index contributed by atoms with van der Waals surface area (Å²) in [5, 5.41) is 2.74. The molecule has 2 amide bonds. The van der Waals surface area contributed by atoms with Crippen LogP contribution in [-0.2, 0) is 9.53 Å². The number of amides is 2. The van der Waals surface area contributed by atoms with Gasteiger partial charge in [0.05, 0.1) is 5.02 Å². The Labute approximate surface area is 138 Å². The van der Waals surface area contributed by atoms with E-state index in [1.165, 1.54) is 12.1 Å². The standard InChI is InChI=1S/C15H18ClFN2O4/c16-12-4-3-10(6-13(12)17)22-8-14(20)19-7-9-1-2-11(5-9)23-15(18)21/h3-4,6,9,11H,1-2,5,7-8H2,(H2,18,21)(H,19,20). The topological polar surface area (TPSA) is 90.7 Å². The molecule has 1 aromatic rings. The highest BCUT2D eigenvalue weighted by atomic mass is 35.5. The average molecular weight is 345 g/mol. The molecule has 1 aromatic carbocycles. The number of rotatable bonds is 6. The third-order valence-corrected chi connectivity index (χ3v) is 3.93. The van der Waals surface area contributed by atoms with Crippen LogP contribution in [0.25, 0.3) is 0 Å². The molecule has 6 nitrogen and oxygen atoms in total. The molecule has 0 aromatic heterocycles. The largest absolute Gasteiger partial charge is 0.484 e. The maximum atomic E-state index is 13.2. The van der Waals surface area contributed by atoms with Gasteiger partial charge in [0.25, 0.3) is 5.91 Å². The molecule has 1 aliphatic rings. The smallest absolute Gasteiger partial charge is 0.404 e. The van der Waals surface area contributed by atoms with Gasteiger partial charge < -0.3 is 20.5 Å². The first-order valence-corrected chi connectivity index (χ1v) is 7.62. The Kier molecular flexibility index (Phi) is 6.04. The molecule has 23 heavy (non-hydrogen) atoms. The van der Waals surface area contributed by atoms with Crippen molar-refractivity contribution in [3.05, 3.63) is 29.0 Å². The van der Waals surface area contributed by atoms with Gasteiger partial charge in [-0.05, 0) is 37.3 Å². The number of hydrogen-bond acceptors (Lipinski definition) is 4. The molecule has 2 atom stereocenters. The highest BCUT2D eigenvalue weighted by molar-refractivity contribution is 6.30. The van der Waals surface area contributed by atoms with Crippen LogP contribution in [0.3, 0.4) is 0 Å². The zero-order chi connectivity index (χ0) is 16.8. The summed E-state index contributed by atoms with van der Waals surface area (Å²) in [5.41, 5.74) is 4.97. The van der Waals surface area contributed by atoms with E-state index in [4.69, 9.17) is 26.8 Å². The number of nitrogens with two attached hydrogens (primary N) is 1. The fourth-order valence-electron chi connectivity index (χ4n) is 2.51. The Bertz CT molecular complexity index is 585. The molecule has 1 saturated carbocycles. The molecule has 3 N–H and O–H groups in total. The summed E-state index contributed by atoms with van der Waals surface area (Å²) in [7, 11) is 0. The van der Waals surface area contributed by atoms with E-state index in [0.29, 0.717) is 13.0 Å². The van der Waals surface area contributed by atoms with Gasteiger partial charge in [-0.25, -0.2) is 9.18 Å². The van der Waals surface area contributed by atoms with E-state index in [9.17, 15) is 14.0 Å². The van der Waals surface area contributed by atoms with Gasteiger partial charge in [0, 0.05) is 12.6 Å². The van der Waals surface area contributed by atoms with Crippen LogP contribution >= 0.6 is 11.6 Å². The van der Waals surface area contributed by atoms with Crippen molar-refractivity contribution in [3.63, 3.8) is 0 Å². The van der Waals surface area contributed by atoms with Crippen molar-refractivity contribution in [3.8, 4) is 5.75 Å². The number of hydrogen-bond donors (Lipinski definition) is 2. The second kappa shape index (κ2) is 8.01. The molecule has 1 aliphatic carbocycles. The number of benzene rings is 1. The Morgan fingerprint density at radius 3 is 2.87 bits per heavy atom. The number of halogens is 2. The third-order valence-electron chi connectivity index (χ3n) is 3.62. The lowest BCUT2D eigenvalue weighted by Crippen LogP contribution is -2.32. The van der Waals surface area contributed by atoms with Crippen LogP contribution in [0.5, 0.6) is 5.75 Å². The minimum absolute atomic E-state index is 0.00392. The molecule has 0 spiro atoms. The van der Waals surface area contributed by atoms with Crippen molar-refractivity contribution in [2.24, 2.45) is 11.7 Å². The average Bonchev–Trinajstić information content (AvgIpc) is 2.93. The summed E-state index contributed by atoms with van der Waals surface area (Å²) in [6.07, 6.45) is 1.31. The summed E-state index contributed by atoms with van der Waals surface area (Å²) in [6, 6.07) is 3.97. The van der Waals surface area contributed by atoms with Crippen molar-refractivity contribution in [1.82, 2.24) is 5.32 Å². The van der Waals surface area contributed by atoms with Crippen LogP contribution in [-0.4, -0.2) is 31.3 Å². The molecule has 8 heteroatoms. The van der Waals surface area contributed by atoms with Crippen LogP contribution < -0.4 is 15.8 Å². The highest BCUT2D eigenvalue weighted by Gasteiger charge is 2.27. The molecular weight excluding hydrogens is 327 g/mol. The molecule has 2 rings (SSSR count). The second-order valence-electron chi connectivity index (χ2n) is 5.41. The Morgan fingerprint density at radius 1 is 1.39 bits per heavy atom. The monoisotopic (exact) mass is 344 g/mol. The predicted octanol–water partition coefficient (Wildman–Crippen LogP) is 2.24. The third kappa shape index (κ3) is 5.59. The molecule has 0 aliphatic heterocycles. The normalized spacial score (nSPS) is 20.1. The van der Waals surface area contributed by atoms with Crippen LogP contribution in [0.1, 0.15) is 19.3 Å². The van der Waals surface area contributed by atoms with Crippen molar-refractivity contribution >= 4 is 23.6 Å². The highest BCUT2D eigenvalue weighted by Crippen LogP contribution is 2.27. The lowest BCUT2D eigenvalue weighted by molar-refractivity contribution is -0.123. The van der Waals surface area contributed by atoms with Gasteiger partial charge in [-0.1, -0.05) is 11.6 Å². The first-order chi connectivity index (χ1) is 10.9. The van der Waals surface area contributed by atoms with Crippen LogP contribution in [0.15, 0.2) is 18.2 Å².